The van der Waals surface area contributed by atoms with Crippen molar-refractivity contribution >= 4 is 26.0 Å². The van der Waals surface area contributed by atoms with Gasteiger partial charge in [0.2, 0.25) is 0 Å². The molecule has 0 aromatic rings. The predicted octanol–water partition coefficient (Wildman–Crippen LogP) is 4.18. The van der Waals surface area contributed by atoms with E-state index in [0.717, 1.165) is 25.7 Å². The van der Waals surface area contributed by atoms with Crippen LogP contribution in [0.5, 0.6) is 0 Å². The number of esters is 3. The third kappa shape index (κ3) is 8.22. The highest BCUT2D eigenvalue weighted by molar-refractivity contribution is 6.78. The average molecular weight is 487 g/mol. The monoisotopic (exact) mass is 486 g/mol. The van der Waals surface area contributed by atoms with E-state index in [1.54, 1.807) is 13.8 Å². The fraction of sp³-hybridized carbons (Fsp3) is 0.792. The summed E-state index contributed by atoms with van der Waals surface area (Å²) in [7, 11) is -1.68. The maximum Gasteiger partial charge on any atom is 0.324 e. The first kappa shape index (κ1) is 29.3. The van der Waals surface area contributed by atoms with Gasteiger partial charge in [-0.25, -0.2) is 0 Å². The molecule has 8 nitrogen and oxygen atoms in total. The summed E-state index contributed by atoms with van der Waals surface area (Å²) in [5.74, 6) is -2.16. The van der Waals surface area contributed by atoms with Crippen LogP contribution in [-0.4, -0.2) is 64.4 Å². The number of carbonyl (C=O) groups is 3. The molecule has 1 atom stereocenters. The Hall–Kier alpha value is -1.71. The summed E-state index contributed by atoms with van der Waals surface area (Å²) in [5, 5.41) is 0. The van der Waals surface area contributed by atoms with Gasteiger partial charge >= 0.3 is 17.9 Å². The lowest BCUT2D eigenvalue weighted by atomic mass is 9.79. The van der Waals surface area contributed by atoms with Crippen molar-refractivity contribution in [3.8, 4) is 0 Å². The molecule has 190 valence electrons. The minimum atomic E-state index is -1.72. The van der Waals surface area contributed by atoms with E-state index in [9.17, 15) is 14.4 Å². The molecule has 0 spiro atoms. The molecule has 1 unspecified atom stereocenters. The van der Waals surface area contributed by atoms with Gasteiger partial charge in [-0.15, -0.1) is 0 Å². The van der Waals surface area contributed by atoms with Crippen LogP contribution in [0.25, 0.3) is 0 Å². The topological polar surface area (TPSA) is 97.4 Å². The largest absolute Gasteiger partial charge is 0.466 e. The van der Waals surface area contributed by atoms with Gasteiger partial charge in [0.15, 0.2) is 10.8 Å². The Balaban J connectivity index is 2.81. The van der Waals surface area contributed by atoms with Gasteiger partial charge in [-0.05, 0) is 33.1 Å². The fourth-order valence-corrected chi connectivity index (χ4v) is 6.06. The Morgan fingerprint density at radius 2 is 1.52 bits per heavy atom. The van der Waals surface area contributed by atoms with E-state index >= 15 is 0 Å². The summed E-state index contributed by atoms with van der Waals surface area (Å²) in [5.41, 5.74) is -2.16. The first-order valence-corrected chi connectivity index (χ1v) is 15.5. The number of ether oxygens (including phenoxy) is 5. The zero-order chi connectivity index (χ0) is 25.0. The van der Waals surface area contributed by atoms with Gasteiger partial charge in [0.25, 0.3) is 0 Å². The molecule has 1 aliphatic rings. The molecule has 0 aromatic heterocycles. The molecule has 0 saturated carbocycles. The minimum absolute atomic E-state index is 0.0540. The van der Waals surface area contributed by atoms with Crippen LogP contribution in [0.3, 0.4) is 0 Å². The van der Waals surface area contributed by atoms with Crippen molar-refractivity contribution in [2.24, 2.45) is 5.41 Å². The number of unbranched alkanes of at least 4 members (excludes halogenated alkanes) is 3. The van der Waals surface area contributed by atoms with E-state index < -0.39 is 43.2 Å². The Morgan fingerprint density at radius 1 is 0.939 bits per heavy atom. The van der Waals surface area contributed by atoms with Crippen molar-refractivity contribution in [2.75, 3.05) is 33.0 Å². The van der Waals surface area contributed by atoms with Gasteiger partial charge in [-0.2, -0.15) is 0 Å². The first-order chi connectivity index (χ1) is 15.6. The Bertz CT molecular complexity index is 651. The maximum atomic E-state index is 12.9. The van der Waals surface area contributed by atoms with E-state index in [4.69, 9.17) is 23.7 Å². The van der Waals surface area contributed by atoms with Crippen molar-refractivity contribution in [1.29, 1.82) is 0 Å². The van der Waals surface area contributed by atoms with Crippen molar-refractivity contribution in [1.82, 2.24) is 0 Å². The summed E-state index contributed by atoms with van der Waals surface area (Å²) in [6, 6.07) is 0. The second kappa shape index (κ2) is 13.9. The smallest absolute Gasteiger partial charge is 0.324 e. The summed E-state index contributed by atoms with van der Waals surface area (Å²) in [6.07, 6.45) is 5.12. The number of carbonyl (C=O) groups excluding carboxylic acids is 3. The lowest BCUT2D eigenvalue weighted by Crippen LogP contribution is -2.53. The molecule has 0 bridgehead atoms. The highest BCUT2D eigenvalue weighted by Gasteiger charge is 2.51. The van der Waals surface area contributed by atoms with E-state index in [2.05, 4.69) is 26.2 Å². The Kier molecular flexibility index (Phi) is 12.3. The lowest BCUT2D eigenvalue weighted by molar-refractivity contribution is -0.177. The fourth-order valence-electron chi connectivity index (χ4n) is 4.07. The van der Waals surface area contributed by atoms with Crippen LogP contribution in [-0.2, 0) is 38.1 Å². The normalized spacial score (nSPS) is 17.1. The van der Waals surface area contributed by atoms with E-state index in [0.29, 0.717) is 19.6 Å². The molecular weight excluding hydrogens is 444 g/mol. The van der Waals surface area contributed by atoms with Crippen molar-refractivity contribution < 1.29 is 38.1 Å². The summed E-state index contributed by atoms with van der Waals surface area (Å²) in [6.45, 7) is 15.1. The molecule has 0 amide bonds. The molecule has 0 aromatic carbocycles. The Labute approximate surface area is 199 Å². The highest BCUT2D eigenvalue weighted by Crippen LogP contribution is 2.36. The lowest BCUT2D eigenvalue weighted by Gasteiger charge is -2.38. The quantitative estimate of drug-likeness (QED) is 0.0800. The zero-order valence-corrected chi connectivity index (χ0v) is 22.0. The molecule has 0 aliphatic carbocycles. The number of rotatable bonds is 16. The summed E-state index contributed by atoms with van der Waals surface area (Å²) < 4.78 is 27.4. The molecular formula is C24H42O8Si. The molecule has 1 aliphatic heterocycles. The van der Waals surface area contributed by atoms with Gasteiger partial charge < -0.3 is 23.7 Å². The van der Waals surface area contributed by atoms with Crippen molar-refractivity contribution in [2.45, 2.75) is 83.8 Å². The van der Waals surface area contributed by atoms with Crippen LogP contribution >= 0.6 is 0 Å². The van der Waals surface area contributed by atoms with Crippen molar-refractivity contribution in [3.05, 3.63) is 12.7 Å². The van der Waals surface area contributed by atoms with Crippen LogP contribution in [0, 0.1) is 5.41 Å². The van der Waals surface area contributed by atoms with E-state index in [-0.39, 0.29) is 26.2 Å². The Morgan fingerprint density at radius 3 is 2.06 bits per heavy atom. The van der Waals surface area contributed by atoms with Crippen molar-refractivity contribution in [3.63, 3.8) is 0 Å². The predicted molar refractivity (Wildman–Crippen MR) is 127 cm³/mol. The van der Waals surface area contributed by atoms with Gasteiger partial charge in [0, 0.05) is 0 Å². The van der Waals surface area contributed by atoms with Crippen LogP contribution in [0.1, 0.15) is 58.8 Å². The molecule has 0 N–H and O–H groups in total. The van der Waals surface area contributed by atoms with E-state index in [1.807, 2.05) is 0 Å². The first-order valence-electron chi connectivity index (χ1n) is 12.0. The van der Waals surface area contributed by atoms with Crippen LogP contribution in [0.15, 0.2) is 12.7 Å². The SMILES string of the molecule is C=CCOC(=O)C(CCCCCCC1([Si](C)(C)C)OCCO1)(CC(=O)OCC)C(=O)OCC. The third-order valence-electron chi connectivity index (χ3n) is 5.90. The van der Waals surface area contributed by atoms with Gasteiger partial charge in [0.1, 0.15) is 14.7 Å². The minimum Gasteiger partial charge on any atom is -0.466 e. The molecule has 33 heavy (non-hydrogen) atoms. The second-order valence-corrected chi connectivity index (χ2v) is 14.5. The molecule has 1 rings (SSSR count). The molecule has 1 fully saturated rings. The maximum absolute atomic E-state index is 12.9. The summed E-state index contributed by atoms with van der Waals surface area (Å²) >= 11 is 0. The third-order valence-corrected chi connectivity index (χ3v) is 8.72. The highest BCUT2D eigenvalue weighted by atomic mass is 28.3. The molecule has 1 saturated heterocycles. The second-order valence-electron chi connectivity index (χ2n) is 9.29. The van der Waals surface area contributed by atoms with E-state index in [1.165, 1.54) is 6.08 Å². The van der Waals surface area contributed by atoms with Crippen LogP contribution < -0.4 is 0 Å². The zero-order valence-electron chi connectivity index (χ0n) is 21.0. The number of hydrogen-bond donors (Lipinski definition) is 0. The number of hydrogen-bond acceptors (Lipinski definition) is 8. The average Bonchev–Trinajstić information content (AvgIpc) is 3.24. The standard InChI is InChI=1S/C24H42O8Si/c1-7-16-30-22(27)23(21(26)29-9-3,19-20(25)28-8-2)14-12-10-11-13-15-24(33(4,5)6)31-17-18-32-24/h7H,1,8-19H2,2-6H3. The van der Waals surface area contributed by atoms with Gasteiger partial charge in [-0.3, -0.25) is 14.4 Å². The summed E-state index contributed by atoms with van der Waals surface area (Å²) in [4.78, 5) is 38.1. The van der Waals surface area contributed by atoms with Crippen LogP contribution in [0.2, 0.25) is 19.6 Å². The molecule has 1 heterocycles. The van der Waals surface area contributed by atoms with Crippen LogP contribution in [0.4, 0.5) is 0 Å². The van der Waals surface area contributed by atoms with Gasteiger partial charge in [-0.1, -0.05) is 51.6 Å². The molecule has 9 heteroatoms. The van der Waals surface area contributed by atoms with Gasteiger partial charge in [0.05, 0.1) is 32.8 Å². The molecule has 0 radical (unpaired) electrons.